The summed E-state index contributed by atoms with van der Waals surface area (Å²) in [6.45, 7) is 9.08. The highest BCUT2D eigenvalue weighted by Crippen LogP contribution is 2.41. The highest BCUT2D eigenvalue weighted by Gasteiger charge is 2.31. The van der Waals surface area contributed by atoms with Crippen LogP contribution in [0.3, 0.4) is 0 Å². The third kappa shape index (κ3) is 4.26. The first-order valence-corrected chi connectivity index (χ1v) is 13.7. The molecule has 0 saturated carbocycles. The predicted octanol–water partition coefficient (Wildman–Crippen LogP) is 4.88. The first-order valence-electron chi connectivity index (χ1n) is 10.1. The zero-order valence-electron chi connectivity index (χ0n) is 18.0. The van der Waals surface area contributed by atoms with Crippen LogP contribution in [0, 0.1) is 0 Å². The van der Waals surface area contributed by atoms with Gasteiger partial charge in [0.25, 0.3) is 0 Å². The van der Waals surface area contributed by atoms with E-state index in [9.17, 15) is 4.79 Å². The maximum atomic E-state index is 12.4. The molecule has 0 saturated heterocycles. The molecule has 0 bridgehead atoms. The van der Waals surface area contributed by atoms with Crippen molar-refractivity contribution in [1.82, 2.24) is 24.6 Å². The number of carbonyl (C=O) groups excluding carboxylic acids is 1. The second-order valence-corrected chi connectivity index (χ2v) is 12.8. The number of thiophene rings is 1. The minimum absolute atomic E-state index is 0.124. The number of ether oxygens (including phenoxy) is 1. The molecule has 168 valence electrons. The number of aromatic nitrogens is 5. The fourth-order valence-corrected chi connectivity index (χ4v) is 6.88. The third-order valence-corrected chi connectivity index (χ3v) is 8.54. The van der Waals surface area contributed by atoms with Crippen molar-refractivity contribution in [2.45, 2.75) is 61.9 Å². The van der Waals surface area contributed by atoms with Crippen LogP contribution in [0.15, 0.2) is 21.9 Å². The van der Waals surface area contributed by atoms with Crippen LogP contribution in [0.2, 0.25) is 0 Å². The van der Waals surface area contributed by atoms with Crippen LogP contribution in [-0.4, -0.2) is 47.1 Å². The number of hydrogen-bond acceptors (Lipinski definition) is 10. The molecule has 4 aromatic heterocycles. The lowest BCUT2D eigenvalue weighted by atomic mass is 9.94. The molecule has 0 aliphatic carbocycles. The number of carbonyl (C=O) groups is 1. The van der Waals surface area contributed by atoms with Crippen LogP contribution in [0.5, 0.6) is 0 Å². The van der Waals surface area contributed by atoms with Crippen molar-refractivity contribution in [1.29, 1.82) is 0 Å². The molecular weight excluding hydrogens is 485 g/mol. The highest BCUT2D eigenvalue weighted by molar-refractivity contribution is 8.00. The number of rotatable bonds is 6. The van der Waals surface area contributed by atoms with Gasteiger partial charge >= 0.3 is 0 Å². The van der Waals surface area contributed by atoms with Gasteiger partial charge in [-0.25, -0.2) is 14.4 Å². The van der Waals surface area contributed by atoms with Gasteiger partial charge in [0.05, 0.1) is 23.3 Å². The maximum absolute atomic E-state index is 12.4. The molecule has 1 N–H and O–H groups in total. The van der Waals surface area contributed by atoms with Crippen LogP contribution in [0.1, 0.15) is 38.1 Å². The van der Waals surface area contributed by atoms with Crippen LogP contribution >= 0.6 is 46.2 Å². The first-order chi connectivity index (χ1) is 15.3. The van der Waals surface area contributed by atoms with Gasteiger partial charge < -0.3 is 10.1 Å². The number of fused-ring (bicyclic) bond motifs is 5. The van der Waals surface area contributed by atoms with Gasteiger partial charge in [-0.15, -0.1) is 32.9 Å². The van der Waals surface area contributed by atoms with E-state index in [-0.39, 0.29) is 17.3 Å². The Bertz CT molecular complexity index is 1290. The van der Waals surface area contributed by atoms with Crippen molar-refractivity contribution < 1.29 is 9.53 Å². The Labute approximate surface area is 201 Å². The Hall–Kier alpha value is -1.73. The molecule has 1 amide bonds. The summed E-state index contributed by atoms with van der Waals surface area (Å²) in [6, 6.07) is 0. The summed E-state index contributed by atoms with van der Waals surface area (Å²) in [4.78, 5) is 23.7. The van der Waals surface area contributed by atoms with E-state index in [0.717, 1.165) is 27.4 Å². The zero-order valence-corrected chi connectivity index (χ0v) is 21.3. The zero-order chi connectivity index (χ0) is 22.5. The van der Waals surface area contributed by atoms with E-state index in [1.54, 1.807) is 29.3 Å². The standard InChI is InChI=1S/C20H22N6O2S4/c1-10(2)31-18-23-16-14(11-7-20(3,4)28-8-12(11)32-16)15-24-25-19(26(15)18)30-9-13(27)22-17-21-5-6-29-17/h5-6,10H,7-9H2,1-4H3,(H,21,22,27). The van der Waals surface area contributed by atoms with E-state index >= 15 is 0 Å². The van der Waals surface area contributed by atoms with Crippen molar-refractivity contribution in [2.24, 2.45) is 0 Å². The number of nitrogens with one attached hydrogen (secondary N) is 1. The number of anilines is 1. The SMILES string of the molecule is CC(C)Sc1nc2sc3c(c2c2nnc(SCC(=O)Nc4nccs4)n12)CC(C)(C)OC3. The molecule has 0 aromatic carbocycles. The minimum Gasteiger partial charge on any atom is -0.370 e. The molecule has 0 spiro atoms. The quantitative estimate of drug-likeness (QED) is 0.292. The largest absolute Gasteiger partial charge is 0.370 e. The Morgan fingerprint density at radius 3 is 2.94 bits per heavy atom. The van der Waals surface area contributed by atoms with Crippen LogP contribution in [0.4, 0.5) is 5.13 Å². The van der Waals surface area contributed by atoms with Crippen LogP contribution < -0.4 is 5.32 Å². The van der Waals surface area contributed by atoms with Gasteiger partial charge in [0.15, 0.2) is 21.1 Å². The Kier molecular flexibility index (Phi) is 5.91. The monoisotopic (exact) mass is 506 g/mol. The van der Waals surface area contributed by atoms with E-state index in [1.165, 1.54) is 33.5 Å². The molecule has 0 fully saturated rings. The average Bonchev–Trinajstić information content (AvgIpc) is 3.43. The van der Waals surface area contributed by atoms with Gasteiger partial charge in [0.2, 0.25) is 5.91 Å². The fourth-order valence-electron chi connectivity index (χ4n) is 3.54. The number of hydrogen-bond donors (Lipinski definition) is 1. The maximum Gasteiger partial charge on any atom is 0.236 e. The molecule has 4 aromatic rings. The number of amides is 1. The molecule has 5 heterocycles. The van der Waals surface area contributed by atoms with Gasteiger partial charge in [-0.2, -0.15) is 0 Å². The Morgan fingerprint density at radius 1 is 1.34 bits per heavy atom. The van der Waals surface area contributed by atoms with Crippen molar-refractivity contribution >= 4 is 73.1 Å². The molecule has 8 nitrogen and oxygen atoms in total. The minimum atomic E-state index is -0.227. The first kappa shape index (κ1) is 22.1. The van der Waals surface area contributed by atoms with Gasteiger partial charge in [0.1, 0.15) is 4.83 Å². The fraction of sp³-hybridized carbons (Fsp3) is 0.450. The lowest BCUT2D eigenvalue weighted by Gasteiger charge is -2.30. The van der Waals surface area contributed by atoms with Crippen LogP contribution in [0.25, 0.3) is 15.9 Å². The molecule has 1 aliphatic heterocycles. The highest BCUT2D eigenvalue weighted by atomic mass is 32.2. The topological polar surface area (TPSA) is 94.3 Å². The summed E-state index contributed by atoms with van der Waals surface area (Å²) in [5, 5.41) is 17.1. The molecule has 32 heavy (non-hydrogen) atoms. The second-order valence-electron chi connectivity index (χ2n) is 8.29. The lowest BCUT2D eigenvalue weighted by molar-refractivity contribution is -0.113. The molecule has 0 radical (unpaired) electrons. The Morgan fingerprint density at radius 2 is 2.19 bits per heavy atom. The Balaban J connectivity index is 1.54. The van der Waals surface area contributed by atoms with Gasteiger partial charge in [-0.1, -0.05) is 37.4 Å². The number of thioether (sulfide) groups is 2. The summed E-state index contributed by atoms with van der Waals surface area (Å²) in [5.74, 6) is 0.0907. The van der Waals surface area contributed by atoms with Crippen molar-refractivity contribution in [3.63, 3.8) is 0 Å². The normalized spacial score (nSPS) is 15.5. The number of nitrogens with zero attached hydrogens (tertiary/aromatic N) is 5. The molecule has 1 aliphatic rings. The van der Waals surface area contributed by atoms with E-state index in [0.29, 0.717) is 22.1 Å². The van der Waals surface area contributed by atoms with E-state index in [1.807, 2.05) is 9.78 Å². The summed E-state index contributed by atoms with van der Waals surface area (Å²) in [6.07, 6.45) is 2.47. The van der Waals surface area contributed by atoms with E-state index in [4.69, 9.17) is 9.72 Å². The predicted molar refractivity (Wildman–Crippen MR) is 131 cm³/mol. The molecule has 0 atom stereocenters. The summed E-state index contributed by atoms with van der Waals surface area (Å²) >= 11 is 6.10. The smallest absolute Gasteiger partial charge is 0.236 e. The molecular formula is C20H22N6O2S4. The summed E-state index contributed by atoms with van der Waals surface area (Å²) in [7, 11) is 0. The second kappa shape index (κ2) is 8.56. The van der Waals surface area contributed by atoms with Crippen molar-refractivity contribution in [2.75, 3.05) is 11.1 Å². The van der Waals surface area contributed by atoms with Gasteiger partial charge in [0, 0.05) is 28.1 Å². The molecule has 5 rings (SSSR count). The van der Waals surface area contributed by atoms with Gasteiger partial charge in [-0.05, 0) is 19.4 Å². The third-order valence-electron chi connectivity index (χ3n) is 4.87. The van der Waals surface area contributed by atoms with Gasteiger partial charge in [-0.3, -0.25) is 4.79 Å². The van der Waals surface area contributed by atoms with E-state index in [2.05, 4.69) is 48.2 Å². The molecule has 0 unspecified atom stereocenters. The van der Waals surface area contributed by atoms with Crippen LogP contribution in [-0.2, 0) is 22.6 Å². The van der Waals surface area contributed by atoms with E-state index < -0.39 is 0 Å². The number of thiazole rings is 1. The molecule has 12 heteroatoms. The summed E-state index contributed by atoms with van der Waals surface area (Å²) in [5.41, 5.74) is 1.83. The lowest BCUT2D eigenvalue weighted by Crippen LogP contribution is -2.31. The van der Waals surface area contributed by atoms with Crippen molar-refractivity contribution in [3.05, 3.63) is 22.0 Å². The average molecular weight is 507 g/mol. The van der Waals surface area contributed by atoms with Crippen molar-refractivity contribution in [3.8, 4) is 0 Å². The summed E-state index contributed by atoms with van der Waals surface area (Å²) < 4.78 is 8.03.